The Hall–Kier alpha value is -1.37. The van der Waals surface area contributed by atoms with Gasteiger partial charge in [0, 0.05) is 6.20 Å². The Labute approximate surface area is 65.1 Å². The summed E-state index contributed by atoms with van der Waals surface area (Å²) < 4.78 is 35.8. The summed E-state index contributed by atoms with van der Waals surface area (Å²) in [6, 6.07) is 0.215. The van der Waals surface area contributed by atoms with Crippen molar-refractivity contribution in [3.63, 3.8) is 0 Å². The highest BCUT2D eigenvalue weighted by Crippen LogP contribution is 2.27. The number of rotatable bonds is 1. The lowest BCUT2D eigenvalue weighted by Crippen LogP contribution is -2.12. The highest BCUT2D eigenvalue weighted by Gasteiger charge is 2.32. The molecule has 0 aliphatic heterocycles. The summed E-state index contributed by atoms with van der Waals surface area (Å²) in [7, 11) is 0. The zero-order valence-electron chi connectivity index (χ0n) is 5.67. The van der Waals surface area contributed by atoms with Crippen LogP contribution in [0.15, 0.2) is 12.3 Å². The van der Waals surface area contributed by atoms with Gasteiger partial charge in [-0.05, 0) is 6.07 Å². The molecular weight excluding hydrogens is 175 g/mol. The zero-order chi connectivity index (χ0) is 9.19. The van der Waals surface area contributed by atoms with Crippen LogP contribution >= 0.6 is 0 Å². The normalized spacial score (nSPS) is 11.3. The Kier molecular flexibility index (Phi) is 2.13. The van der Waals surface area contributed by atoms with Crippen molar-refractivity contribution in [1.82, 2.24) is 9.97 Å². The van der Waals surface area contributed by atoms with Crippen LogP contribution in [-0.4, -0.2) is 9.97 Å². The fraction of sp³-hybridized carbons (Fsp3) is 0.200. The summed E-state index contributed by atoms with van der Waals surface area (Å²) in [6.45, 7) is 0. The van der Waals surface area contributed by atoms with Crippen LogP contribution in [0.2, 0.25) is 0 Å². The third-order valence-electron chi connectivity index (χ3n) is 1.03. The van der Waals surface area contributed by atoms with Crippen molar-refractivity contribution in [2.75, 3.05) is 0 Å². The molecule has 0 spiro atoms. The maximum absolute atomic E-state index is 11.9. The van der Waals surface area contributed by atoms with E-state index in [0.29, 0.717) is 0 Å². The molecule has 0 fully saturated rings. The Morgan fingerprint density at radius 2 is 2.08 bits per heavy atom. The molecule has 2 N–H and O–H groups in total. The van der Waals surface area contributed by atoms with E-state index in [2.05, 4.69) is 20.7 Å². The number of halogens is 3. The van der Waals surface area contributed by atoms with Gasteiger partial charge in [-0.3, -0.25) is 0 Å². The molecular formula is C5H4F3N3O. The van der Waals surface area contributed by atoms with Gasteiger partial charge in [0.15, 0.2) is 5.69 Å². The van der Waals surface area contributed by atoms with Gasteiger partial charge in [-0.15, -0.1) is 0 Å². The highest BCUT2D eigenvalue weighted by molar-refractivity contribution is 5.08. The highest BCUT2D eigenvalue weighted by atomic mass is 19.4. The van der Waals surface area contributed by atoms with Crippen LogP contribution in [0, 0.1) is 0 Å². The van der Waals surface area contributed by atoms with Crippen molar-refractivity contribution < 1.29 is 18.0 Å². The smallest absolute Gasteiger partial charge is 0.371 e. The van der Waals surface area contributed by atoms with Crippen LogP contribution in [0.5, 0.6) is 6.01 Å². The van der Waals surface area contributed by atoms with Gasteiger partial charge in [0.05, 0.1) is 0 Å². The van der Waals surface area contributed by atoms with Gasteiger partial charge in [0.25, 0.3) is 0 Å². The Morgan fingerprint density at radius 3 is 2.58 bits per heavy atom. The molecule has 0 amide bonds. The van der Waals surface area contributed by atoms with E-state index < -0.39 is 17.9 Å². The standard InChI is InChI=1S/C5H4F3N3O/c6-5(7,8)3-1-2-10-4(11-3)12-9/h1-2H,9H2. The molecule has 1 aromatic rings. The maximum Gasteiger partial charge on any atom is 0.433 e. The van der Waals surface area contributed by atoms with Gasteiger partial charge >= 0.3 is 12.2 Å². The number of hydrogen-bond acceptors (Lipinski definition) is 4. The first-order valence-corrected chi connectivity index (χ1v) is 2.81. The minimum Gasteiger partial charge on any atom is -0.371 e. The molecule has 1 heterocycles. The van der Waals surface area contributed by atoms with E-state index in [1.165, 1.54) is 0 Å². The van der Waals surface area contributed by atoms with Crippen LogP contribution in [0.3, 0.4) is 0 Å². The molecule has 1 rings (SSSR count). The number of alkyl halides is 3. The molecule has 1 aromatic heterocycles. The first kappa shape index (κ1) is 8.72. The lowest BCUT2D eigenvalue weighted by molar-refractivity contribution is -0.141. The minimum atomic E-state index is -4.50. The Balaban J connectivity index is 3.02. The molecule has 0 radical (unpaired) electrons. The predicted octanol–water partition coefficient (Wildman–Crippen LogP) is 0.748. The molecule has 4 nitrogen and oxygen atoms in total. The quantitative estimate of drug-likeness (QED) is 0.646. The summed E-state index contributed by atoms with van der Waals surface area (Å²) in [5.74, 6) is 4.57. The molecule has 0 atom stereocenters. The van der Waals surface area contributed by atoms with E-state index in [4.69, 9.17) is 0 Å². The van der Waals surface area contributed by atoms with Gasteiger partial charge in [-0.1, -0.05) is 0 Å². The van der Waals surface area contributed by atoms with Gasteiger partial charge in [-0.25, -0.2) is 4.98 Å². The molecule has 12 heavy (non-hydrogen) atoms. The predicted molar refractivity (Wildman–Crippen MR) is 31.8 cm³/mol. The molecule has 0 unspecified atom stereocenters. The van der Waals surface area contributed by atoms with Crippen LogP contribution < -0.4 is 10.7 Å². The summed E-state index contributed by atoms with van der Waals surface area (Å²) in [5, 5.41) is 0. The molecule has 0 saturated heterocycles. The van der Waals surface area contributed by atoms with Crippen molar-refractivity contribution in [2.24, 2.45) is 5.90 Å². The molecule has 0 aromatic carbocycles. The maximum atomic E-state index is 11.9. The number of nitrogens with zero attached hydrogens (tertiary/aromatic N) is 2. The van der Waals surface area contributed by atoms with Gasteiger partial charge in [-0.2, -0.15) is 24.1 Å². The minimum absolute atomic E-state index is 0.509. The molecule has 7 heteroatoms. The summed E-state index contributed by atoms with van der Waals surface area (Å²) in [4.78, 5) is 10.2. The van der Waals surface area contributed by atoms with Gasteiger partial charge in [0.1, 0.15) is 0 Å². The van der Waals surface area contributed by atoms with Crippen LogP contribution in [0.1, 0.15) is 5.69 Å². The van der Waals surface area contributed by atoms with Crippen LogP contribution in [-0.2, 0) is 6.18 Å². The van der Waals surface area contributed by atoms with Crippen molar-refractivity contribution in [3.8, 4) is 6.01 Å². The first-order valence-electron chi connectivity index (χ1n) is 2.81. The van der Waals surface area contributed by atoms with Crippen molar-refractivity contribution in [3.05, 3.63) is 18.0 Å². The van der Waals surface area contributed by atoms with E-state index in [0.717, 1.165) is 12.3 Å². The molecule has 0 bridgehead atoms. The van der Waals surface area contributed by atoms with E-state index in [1.807, 2.05) is 0 Å². The number of nitrogens with two attached hydrogens (primary N) is 1. The lowest BCUT2D eigenvalue weighted by atomic mass is 10.4. The third-order valence-corrected chi connectivity index (χ3v) is 1.03. The van der Waals surface area contributed by atoms with E-state index >= 15 is 0 Å². The zero-order valence-corrected chi connectivity index (χ0v) is 5.67. The molecule has 0 saturated carbocycles. The van der Waals surface area contributed by atoms with E-state index in [9.17, 15) is 13.2 Å². The first-order chi connectivity index (χ1) is 5.54. The summed E-state index contributed by atoms with van der Waals surface area (Å²) in [5.41, 5.74) is -1.09. The Bertz CT molecular complexity index is 275. The SMILES string of the molecule is NOc1nccc(C(F)(F)F)n1. The third kappa shape index (κ3) is 1.82. The van der Waals surface area contributed by atoms with E-state index in [-0.39, 0.29) is 0 Å². The van der Waals surface area contributed by atoms with Gasteiger partial charge < -0.3 is 4.84 Å². The number of hydrogen-bond donors (Lipinski definition) is 1. The average Bonchev–Trinajstić information content (AvgIpc) is 2.03. The van der Waals surface area contributed by atoms with E-state index in [1.54, 1.807) is 0 Å². The van der Waals surface area contributed by atoms with Crippen molar-refractivity contribution >= 4 is 0 Å². The van der Waals surface area contributed by atoms with Crippen LogP contribution in [0.4, 0.5) is 13.2 Å². The second-order valence-electron chi connectivity index (χ2n) is 1.84. The van der Waals surface area contributed by atoms with Gasteiger partial charge in [0.2, 0.25) is 0 Å². The Morgan fingerprint density at radius 1 is 1.42 bits per heavy atom. The molecule has 0 aliphatic rings. The largest absolute Gasteiger partial charge is 0.433 e. The fourth-order valence-electron chi connectivity index (χ4n) is 0.555. The summed E-state index contributed by atoms with van der Waals surface area (Å²) >= 11 is 0. The fourth-order valence-corrected chi connectivity index (χ4v) is 0.555. The summed E-state index contributed by atoms with van der Waals surface area (Å²) in [6.07, 6.45) is -3.59. The number of aromatic nitrogens is 2. The molecule has 66 valence electrons. The second-order valence-corrected chi connectivity index (χ2v) is 1.84. The average molecular weight is 179 g/mol. The monoisotopic (exact) mass is 179 g/mol. The second kappa shape index (κ2) is 2.94. The van der Waals surface area contributed by atoms with Crippen molar-refractivity contribution in [1.29, 1.82) is 0 Å². The molecule has 0 aliphatic carbocycles. The van der Waals surface area contributed by atoms with Crippen LogP contribution in [0.25, 0.3) is 0 Å². The van der Waals surface area contributed by atoms with Crippen molar-refractivity contribution in [2.45, 2.75) is 6.18 Å². The topological polar surface area (TPSA) is 61.0 Å². The lowest BCUT2D eigenvalue weighted by Gasteiger charge is -2.04.